The van der Waals surface area contributed by atoms with Crippen molar-refractivity contribution in [3.8, 4) is 17.2 Å². The van der Waals surface area contributed by atoms with Gasteiger partial charge in [0.1, 0.15) is 41.7 Å². The minimum absolute atomic E-state index is 0.0196. The van der Waals surface area contributed by atoms with Gasteiger partial charge in [-0.25, -0.2) is 4.79 Å². The average molecular weight is 661 g/mol. The number of fused-ring (bicyclic) bond motifs is 1. The number of aliphatic hydroxyl groups excluding tert-OH is 4. The summed E-state index contributed by atoms with van der Waals surface area (Å²) < 4.78 is 11.2. The van der Waals surface area contributed by atoms with Crippen LogP contribution in [0.15, 0.2) is 66.7 Å². The summed E-state index contributed by atoms with van der Waals surface area (Å²) in [6, 6.07) is 20.2. The van der Waals surface area contributed by atoms with Crippen LogP contribution in [0.5, 0.6) is 17.2 Å². The summed E-state index contributed by atoms with van der Waals surface area (Å²) in [5, 5.41) is 72.8. The van der Waals surface area contributed by atoms with Gasteiger partial charge in [-0.3, -0.25) is 4.79 Å². The summed E-state index contributed by atoms with van der Waals surface area (Å²) in [6.45, 7) is 2.82. The third kappa shape index (κ3) is 6.87. The van der Waals surface area contributed by atoms with Crippen LogP contribution in [0, 0.1) is 6.92 Å². The second kappa shape index (κ2) is 14.7. The predicted molar refractivity (Wildman–Crippen MR) is 176 cm³/mol. The van der Waals surface area contributed by atoms with Gasteiger partial charge in [-0.2, -0.15) is 0 Å². The first kappa shape index (κ1) is 34.8. The van der Waals surface area contributed by atoms with E-state index in [1.165, 1.54) is 12.5 Å². The van der Waals surface area contributed by atoms with Gasteiger partial charge in [0.25, 0.3) is 0 Å². The zero-order valence-corrected chi connectivity index (χ0v) is 26.6. The van der Waals surface area contributed by atoms with Crippen molar-refractivity contribution < 1.29 is 54.8 Å². The van der Waals surface area contributed by atoms with E-state index in [0.29, 0.717) is 6.42 Å². The van der Waals surface area contributed by atoms with E-state index in [0.717, 1.165) is 36.1 Å². The number of ketones is 1. The van der Waals surface area contributed by atoms with E-state index in [9.17, 15) is 45.3 Å². The number of aryl methyl sites for hydroxylation is 1. The van der Waals surface area contributed by atoms with E-state index in [-0.39, 0.29) is 45.6 Å². The maximum absolute atomic E-state index is 13.8. The van der Waals surface area contributed by atoms with E-state index in [2.05, 4.69) is 25.1 Å². The number of carboxylic acid groups (broad SMARTS) is 1. The molecule has 254 valence electrons. The standard InChI is InChI=1S/C37H40O11/c1-3-21(15-20-9-5-4-6-10-20)24-12-8-7-11-22(24)13-14-26(39)29-19(2)31(40)25-16-23(36(45)46)17-27(30(25)33(29)42)47-37-35(44)34(43)32(41)28(18-38)48-37/h4-12,16-17,21,28,32,34-35,37-38,40-44H,3,13-15,18H2,1-2H3,(H,45,46). The van der Waals surface area contributed by atoms with Gasteiger partial charge in [0.2, 0.25) is 6.29 Å². The van der Waals surface area contributed by atoms with Crippen LogP contribution in [0.25, 0.3) is 10.8 Å². The predicted octanol–water partition coefficient (Wildman–Crippen LogP) is 3.99. The molecule has 5 rings (SSSR count). The number of Topliss-reactive ketones (excluding diaryl/α,β-unsaturated/α-hetero) is 1. The van der Waals surface area contributed by atoms with Crippen molar-refractivity contribution in [1.29, 1.82) is 0 Å². The average Bonchev–Trinajstić information content (AvgIpc) is 3.09. The Kier molecular flexibility index (Phi) is 10.7. The quantitative estimate of drug-likeness (QED) is 0.0858. The van der Waals surface area contributed by atoms with E-state index < -0.39 is 60.6 Å². The lowest BCUT2D eigenvalue weighted by atomic mass is 9.85. The van der Waals surface area contributed by atoms with Crippen molar-refractivity contribution >= 4 is 22.5 Å². The molecule has 4 aromatic carbocycles. The zero-order valence-electron chi connectivity index (χ0n) is 26.6. The van der Waals surface area contributed by atoms with Crippen LogP contribution in [0.4, 0.5) is 0 Å². The highest BCUT2D eigenvalue weighted by Gasteiger charge is 2.45. The molecule has 6 atom stereocenters. The number of ether oxygens (including phenoxy) is 2. The molecule has 0 saturated carbocycles. The normalized spacial score (nSPS) is 21.6. The number of rotatable bonds is 12. The van der Waals surface area contributed by atoms with Crippen LogP contribution >= 0.6 is 0 Å². The van der Waals surface area contributed by atoms with Crippen LogP contribution in [-0.4, -0.2) is 84.8 Å². The molecule has 1 aliphatic rings. The number of hydrogen-bond donors (Lipinski definition) is 7. The summed E-state index contributed by atoms with van der Waals surface area (Å²) in [5.41, 5.74) is 2.80. The lowest BCUT2D eigenvalue weighted by molar-refractivity contribution is -0.277. The smallest absolute Gasteiger partial charge is 0.335 e. The summed E-state index contributed by atoms with van der Waals surface area (Å²) in [7, 11) is 0. The second-order valence-electron chi connectivity index (χ2n) is 12.1. The number of aromatic carboxylic acids is 1. The molecular weight excluding hydrogens is 620 g/mol. The Labute approximate surface area is 277 Å². The van der Waals surface area contributed by atoms with Crippen LogP contribution in [0.3, 0.4) is 0 Å². The number of phenols is 2. The molecule has 1 saturated heterocycles. The molecule has 0 aromatic heterocycles. The number of carbonyl (C=O) groups excluding carboxylic acids is 1. The molecule has 4 aromatic rings. The Morgan fingerprint density at radius 2 is 1.60 bits per heavy atom. The fourth-order valence-electron chi connectivity index (χ4n) is 6.42. The highest BCUT2D eigenvalue weighted by atomic mass is 16.7. The first-order valence-corrected chi connectivity index (χ1v) is 15.8. The Hall–Kier alpha value is -4.52. The lowest BCUT2D eigenvalue weighted by Crippen LogP contribution is -2.60. The Morgan fingerprint density at radius 3 is 2.27 bits per heavy atom. The maximum atomic E-state index is 13.8. The molecule has 11 nitrogen and oxygen atoms in total. The first-order chi connectivity index (χ1) is 23.0. The fraction of sp³-hybridized carbons (Fsp3) is 0.351. The van der Waals surface area contributed by atoms with Gasteiger partial charge in [0, 0.05) is 17.4 Å². The summed E-state index contributed by atoms with van der Waals surface area (Å²) >= 11 is 0. The molecule has 0 bridgehead atoms. The van der Waals surface area contributed by atoms with Crippen LogP contribution in [0.1, 0.15) is 68.7 Å². The maximum Gasteiger partial charge on any atom is 0.335 e. The van der Waals surface area contributed by atoms with Gasteiger partial charge in [0.15, 0.2) is 5.78 Å². The summed E-state index contributed by atoms with van der Waals surface area (Å²) in [4.78, 5) is 25.8. The van der Waals surface area contributed by atoms with E-state index in [1.807, 2.05) is 36.4 Å². The van der Waals surface area contributed by atoms with Gasteiger partial charge in [-0.05, 0) is 60.9 Å². The number of carbonyl (C=O) groups is 2. The number of aromatic hydroxyl groups is 2. The van der Waals surface area contributed by atoms with Crippen molar-refractivity contribution in [2.45, 2.75) is 76.2 Å². The molecule has 0 amide bonds. The molecule has 48 heavy (non-hydrogen) atoms. The molecule has 1 fully saturated rings. The molecule has 1 aliphatic heterocycles. The number of hydrogen-bond acceptors (Lipinski definition) is 10. The second-order valence-corrected chi connectivity index (χ2v) is 12.1. The summed E-state index contributed by atoms with van der Waals surface area (Å²) in [6.07, 6.45) is -6.32. The molecule has 0 aliphatic carbocycles. The van der Waals surface area contributed by atoms with Gasteiger partial charge >= 0.3 is 5.97 Å². The Balaban J connectivity index is 1.50. The minimum Gasteiger partial charge on any atom is -0.507 e. The molecule has 0 radical (unpaired) electrons. The largest absolute Gasteiger partial charge is 0.507 e. The third-order valence-electron chi connectivity index (χ3n) is 9.11. The van der Waals surface area contributed by atoms with Crippen LogP contribution in [-0.2, 0) is 17.6 Å². The minimum atomic E-state index is -1.84. The van der Waals surface area contributed by atoms with Crippen molar-refractivity contribution in [3.63, 3.8) is 0 Å². The summed E-state index contributed by atoms with van der Waals surface area (Å²) in [5.74, 6) is -3.08. The number of carboxylic acids is 1. The van der Waals surface area contributed by atoms with Crippen molar-refractivity contribution in [2.24, 2.45) is 0 Å². The van der Waals surface area contributed by atoms with Gasteiger partial charge in [-0.15, -0.1) is 0 Å². The highest BCUT2D eigenvalue weighted by Crippen LogP contribution is 2.46. The Morgan fingerprint density at radius 1 is 0.917 bits per heavy atom. The number of phenolic OH excluding ortho intramolecular Hbond substituents is 2. The third-order valence-corrected chi connectivity index (χ3v) is 9.11. The fourth-order valence-corrected chi connectivity index (χ4v) is 6.42. The monoisotopic (exact) mass is 660 g/mol. The Bertz CT molecular complexity index is 1790. The van der Waals surface area contributed by atoms with Crippen molar-refractivity contribution in [1.82, 2.24) is 0 Å². The molecule has 1 heterocycles. The molecule has 7 N–H and O–H groups in total. The molecule has 6 unspecified atom stereocenters. The van der Waals surface area contributed by atoms with Gasteiger partial charge in [-0.1, -0.05) is 61.5 Å². The molecular formula is C37H40O11. The van der Waals surface area contributed by atoms with Crippen molar-refractivity contribution in [3.05, 3.63) is 100 Å². The molecule has 0 spiro atoms. The highest BCUT2D eigenvalue weighted by molar-refractivity contribution is 6.11. The van der Waals surface area contributed by atoms with Crippen LogP contribution in [0.2, 0.25) is 0 Å². The van der Waals surface area contributed by atoms with Crippen molar-refractivity contribution in [2.75, 3.05) is 6.61 Å². The van der Waals surface area contributed by atoms with E-state index in [4.69, 9.17) is 9.47 Å². The van der Waals surface area contributed by atoms with E-state index in [1.54, 1.807) is 0 Å². The first-order valence-electron chi connectivity index (χ1n) is 15.8. The molecule has 11 heteroatoms. The van der Waals surface area contributed by atoms with Gasteiger partial charge < -0.3 is 45.2 Å². The number of benzene rings is 4. The van der Waals surface area contributed by atoms with Gasteiger partial charge in [0.05, 0.1) is 23.1 Å². The SMILES string of the molecule is CCC(Cc1ccccc1)c1ccccc1CCC(=O)c1c(C)c(O)c2cc(C(=O)O)cc(OC3OC(CO)C(O)C(O)C3O)c2c1O. The van der Waals surface area contributed by atoms with Crippen LogP contribution < -0.4 is 4.74 Å². The van der Waals surface area contributed by atoms with E-state index >= 15 is 0 Å². The lowest BCUT2D eigenvalue weighted by Gasteiger charge is -2.39. The topological polar surface area (TPSA) is 194 Å². The number of aliphatic hydroxyl groups is 4. The zero-order chi connectivity index (χ0) is 34.7.